The van der Waals surface area contributed by atoms with E-state index in [0.29, 0.717) is 0 Å². The monoisotopic (exact) mass is 502 g/mol. The molecular formula is C19H27IN4S2. The van der Waals surface area contributed by atoms with Gasteiger partial charge in [0.05, 0.1) is 17.2 Å². The van der Waals surface area contributed by atoms with Crippen LogP contribution in [0.3, 0.4) is 0 Å². The van der Waals surface area contributed by atoms with Crippen LogP contribution in [0.25, 0.3) is 0 Å². The average Bonchev–Trinajstić information content (AvgIpc) is 3.25. The molecule has 0 unspecified atom stereocenters. The fraction of sp³-hybridized carbons (Fsp3) is 0.474. The van der Waals surface area contributed by atoms with E-state index in [9.17, 15) is 0 Å². The molecule has 3 rings (SSSR count). The number of nitrogens with one attached hydrogen (secondary N) is 2. The number of aromatic nitrogens is 1. The van der Waals surface area contributed by atoms with Crippen molar-refractivity contribution >= 4 is 53.0 Å². The van der Waals surface area contributed by atoms with Gasteiger partial charge in [0.2, 0.25) is 0 Å². The largest absolute Gasteiger partial charge is 0.357 e. The van der Waals surface area contributed by atoms with Gasteiger partial charge < -0.3 is 10.6 Å². The molecule has 1 aliphatic rings. The molecule has 1 aromatic carbocycles. The molecule has 0 atom stereocenters. The summed E-state index contributed by atoms with van der Waals surface area (Å²) in [5.74, 6) is 0.911. The summed E-state index contributed by atoms with van der Waals surface area (Å²) in [6.45, 7) is 6.74. The van der Waals surface area contributed by atoms with Crippen LogP contribution in [0.2, 0.25) is 0 Å². The third kappa shape index (κ3) is 6.74. The average molecular weight is 502 g/mol. The highest BCUT2D eigenvalue weighted by molar-refractivity contribution is 14.0. The minimum atomic E-state index is 0. The third-order valence-corrected chi connectivity index (χ3v) is 6.40. The van der Waals surface area contributed by atoms with E-state index in [2.05, 4.69) is 58.3 Å². The van der Waals surface area contributed by atoms with Crippen LogP contribution in [0.4, 0.5) is 0 Å². The van der Waals surface area contributed by atoms with Gasteiger partial charge in [-0.1, -0.05) is 18.2 Å². The Bertz CT molecular complexity index is 699. The Morgan fingerprint density at radius 3 is 2.65 bits per heavy atom. The lowest BCUT2D eigenvalue weighted by Gasteiger charge is -2.15. The molecule has 2 aromatic rings. The molecule has 7 heteroatoms. The molecule has 4 nitrogen and oxygen atoms in total. The summed E-state index contributed by atoms with van der Waals surface area (Å²) in [6, 6.07) is 10.7. The Morgan fingerprint density at radius 1 is 1.27 bits per heavy atom. The lowest BCUT2D eigenvalue weighted by atomic mass is 10.3. The molecule has 1 aromatic heterocycles. The first-order valence-corrected chi connectivity index (χ1v) is 10.6. The fourth-order valence-corrected chi connectivity index (χ4v) is 4.44. The van der Waals surface area contributed by atoms with Crippen molar-refractivity contribution in [2.45, 2.75) is 42.8 Å². The van der Waals surface area contributed by atoms with E-state index in [-0.39, 0.29) is 28.7 Å². The van der Waals surface area contributed by atoms with E-state index in [4.69, 9.17) is 4.99 Å². The number of hydrogen-bond acceptors (Lipinski definition) is 4. The predicted molar refractivity (Wildman–Crippen MR) is 124 cm³/mol. The number of nitrogens with zero attached hydrogens (tertiary/aromatic N) is 2. The van der Waals surface area contributed by atoms with E-state index in [1.807, 2.05) is 18.7 Å². The number of aliphatic imine (C=N–C) groups is 1. The normalized spacial score (nSPS) is 15.2. The van der Waals surface area contributed by atoms with Crippen LogP contribution >= 0.6 is 47.1 Å². The Balaban J connectivity index is 0.00000243. The van der Waals surface area contributed by atoms with E-state index in [0.717, 1.165) is 42.7 Å². The number of benzene rings is 1. The smallest absolute Gasteiger partial charge is 0.191 e. The predicted octanol–water partition coefficient (Wildman–Crippen LogP) is 4.49. The maximum atomic E-state index is 4.84. The van der Waals surface area contributed by atoms with Crippen LogP contribution in [-0.2, 0) is 6.42 Å². The van der Waals surface area contributed by atoms with Gasteiger partial charge in [0, 0.05) is 34.5 Å². The summed E-state index contributed by atoms with van der Waals surface area (Å²) in [5, 5.41) is 10.1. The second-order valence-electron chi connectivity index (χ2n) is 6.33. The first kappa shape index (κ1) is 21.5. The van der Waals surface area contributed by atoms with Gasteiger partial charge in [0.25, 0.3) is 0 Å². The Labute approximate surface area is 181 Å². The van der Waals surface area contributed by atoms with Gasteiger partial charge in [-0.25, -0.2) is 4.98 Å². The molecule has 26 heavy (non-hydrogen) atoms. The van der Waals surface area contributed by atoms with Crippen molar-refractivity contribution in [2.24, 2.45) is 4.99 Å². The maximum Gasteiger partial charge on any atom is 0.191 e. The van der Waals surface area contributed by atoms with Crippen LogP contribution in [0.5, 0.6) is 0 Å². The molecule has 0 bridgehead atoms. The van der Waals surface area contributed by atoms with Crippen molar-refractivity contribution in [2.75, 3.05) is 19.6 Å². The minimum Gasteiger partial charge on any atom is -0.357 e. The molecule has 1 fully saturated rings. The van der Waals surface area contributed by atoms with Crippen molar-refractivity contribution in [3.8, 4) is 0 Å². The molecule has 1 heterocycles. The van der Waals surface area contributed by atoms with Gasteiger partial charge in [-0.3, -0.25) is 4.99 Å². The molecule has 1 saturated carbocycles. The molecule has 0 amide bonds. The molecule has 1 aliphatic carbocycles. The zero-order valence-electron chi connectivity index (χ0n) is 15.3. The lowest BCUT2D eigenvalue weighted by Crippen LogP contribution is -2.39. The highest BCUT2D eigenvalue weighted by atomic mass is 127. The molecule has 0 saturated heterocycles. The number of guanidine groups is 1. The summed E-state index contributed by atoms with van der Waals surface area (Å²) >= 11 is 3.68. The van der Waals surface area contributed by atoms with Crippen LogP contribution in [-0.4, -0.2) is 35.3 Å². The van der Waals surface area contributed by atoms with Gasteiger partial charge in [-0.05, 0) is 38.8 Å². The molecule has 0 aliphatic heterocycles. The van der Waals surface area contributed by atoms with E-state index < -0.39 is 0 Å². The minimum absolute atomic E-state index is 0. The van der Waals surface area contributed by atoms with Crippen molar-refractivity contribution in [3.63, 3.8) is 0 Å². The first-order valence-electron chi connectivity index (χ1n) is 8.86. The third-order valence-electron chi connectivity index (χ3n) is 4.09. The highest BCUT2D eigenvalue weighted by Gasteiger charge is 2.43. The van der Waals surface area contributed by atoms with Crippen molar-refractivity contribution < 1.29 is 0 Å². The second kappa shape index (κ2) is 10.5. The molecule has 142 valence electrons. The van der Waals surface area contributed by atoms with Crippen molar-refractivity contribution in [1.82, 2.24) is 15.6 Å². The van der Waals surface area contributed by atoms with E-state index in [1.165, 1.54) is 17.7 Å². The summed E-state index contributed by atoms with van der Waals surface area (Å²) < 4.78 is 0.287. The van der Waals surface area contributed by atoms with Crippen LogP contribution < -0.4 is 10.6 Å². The topological polar surface area (TPSA) is 49.3 Å². The molecular weight excluding hydrogens is 475 g/mol. The number of aryl methyl sites for hydroxylation is 1. The summed E-state index contributed by atoms with van der Waals surface area (Å²) in [7, 11) is 0. The van der Waals surface area contributed by atoms with Gasteiger partial charge in [0.15, 0.2) is 5.96 Å². The molecule has 2 N–H and O–H groups in total. The van der Waals surface area contributed by atoms with Gasteiger partial charge >= 0.3 is 0 Å². The highest BCUT2D eigenvalue weighted by Crippen LogP contribution is 2.51. The summed E-state index contributed by atoms with van der Waals surface area (Å²) in [6.07, 6.45) is 3.42. The van der Waals surface area contributed by atoms with Crippen molar-refractivity contribution in [1.29, 1.82) is 0 Å². The van der Waals surface area contributed by atoms with E-state index >= 15 is 0 Å². The quantitative estimate of drug-likeness (QED) is 0.317. The molecule has 0 spiro atoms. The van der Waals surface area contributed by atoms with Crippen LogP contribution in [0.15, 0.2) is 45.6 Å². The van der Waals surface area contributed by atoms with Gasteiger partial charge in [0.1, 0.15) is 0 Å². The number of rotatable bonds is 8. The first-order chi connectivity index (χ1) is 12.2. The fourth-order valence-electron chi connectivity index (χ4n) is 2.57. The Hall–Kier alpha value is -0.800. The maximum absolute atomic E-state index is 4.84. The molecule has 0 radical (unpaired) electrons. The Morgan fingerprint density at radius 2 is 2.04 bits per heavy atom. The number of thioether (sulfide) groups is 1. The lowest BCUT2D eigenvalue weighted by molar-refractivity contribution is 0.781. The van der Waals surface area contributed by atoms with Crippen LogP contribution in [0, 0.1) is 6.92 Å². The zero-order valence-corrected chi connectivity index (χ0v) is 19.3. The number of halogens is 1. The number of hydrogen-bond donors (Lipinski definition) is 2. The summed E-state index contributed by atoms with van der Waals surface area (Å²) in [4.78, 5) is 10.7. The zero-order chi connectivity index (χ0) is 17.5. The summed E-state index contributed by atoms with van der Waals surface area (Å²) in [5.41, 5.74) is 1.16. The second-order valence-corrected chi connectivity index (χ2v) is 8.93. The SMILES string of the molecule is CCNC(=NCC1(Sc2ccccc2)CC1)NCCc1csc(C)n1.I. The van der Waals surface area contributed by atoms with Crippen LogP contribution in [0.1, 0.15) is 30.5 Å². The number of thiazole rings is 1. The standard InChI is InChI=1S/C19H26N4S2.HI/c1-3-20-18(21-12-9-16-13-24-15(2)23-16)22-14-19(10-11-19)25-17-7-5-4-6-8-17;/h4-8,13H,3,9-12,14H2,1-2H3,(H2,20,21,22);1H. The van der Waals surface area contributed by atoms with Gasteiger partial charge in [-0.2, -0.15) is 0 Å². The Kier molecular flexibility index (Phi) is 8.69. The van der Waals surface area contributed by atoms with E-state index in [1.54, 1.807) is 11.3 Å². The van der Waals surface area contributed by atoms with Crippen molar-refractivity contribution in [3.05, 3.63) is 46.4 Å². The van der Waals surface area contributed by atoms with Gasteiger partial charge in [-0.15, -0.1) is 47.1 Å².